The van der Waals surface area contributed by atoms with Crippen LogP contribution in [0, 0.1) is 0 Å². The Morgan fingerprint density at radius 1 is 0.909 bits per heavy atom. The third kappa shape index (κ3) is 9.38. The summed E-state index contributed by atoms with van der Waals surface area (Å²) in [5.74, 6) is 1.06. The molecule has 0 bridgehead atoms. The fourth-order valence-electron chi connectivity index (χ4n) is 3.72. The molecule has 0 atom stereocenters. The zero-order chi connectivity index (χ0) is 24.1. The van der Waals surface area contributed by atoms with Gasteiger partial charge in [-0.3, -0.25) is 4.79 Å². The average molecular weight is 473 g/mol. The molecule has 0 radical (unpaired) electrons. The van der Waals surface area contributed by atoms with Crippen LogP contribution in [0.25, 0.3) is 0 Å². The number of benzene rings is 2. The van der Waals surface area contributed by atoms with Crippen LogP contribution in [-0.4, -0.2) is 49.0 Å². The number of rotatable bonds is 15. The van der Waals surface area contributed by atoms with Crippen LogP contribution < -0.4 is 4.74 Å². The van der Waals surface area contributed by atoms with Crippen molar-refractivity contribution >= 4 is 17.5 Å². The van der Waals surface area contributed by atoms with E-state index < -0.39 is 0 Å². The van der Waals surface area contributed by atoms with Gasteiger partial charge in [-0.1, -0.05) is 57.3 Å². The van der Waals surface area contributed by atoms with Crippen molar-refractivity contribution in [2.75, 3.05) is 33.3 Å². The Kier molecular flexibility index (Phi) is 12.3. The van der Waals surface area contributed by atoms with Gasteiger partial charge < -0.3 is 14.5 Å². The molecular weight excluding hydrogens is 432 g/mol. The number of carbonyl (C=O) groups excluding carboxylic acids is 1. The number of halogens is 1. The maximum Gasteiger partial charge on any atom is 0.253 e. The summed E-state index contributed by atoms with van der Waals surface area (Å²) in [6, 6.07) is 14.0. The normalized spacial score (nSPS) is 11.1. The van der Waals surface area contributed by atoms with Crippen molar-refractivity contribution in [2.45, 2.75) is 65.8 Å². The third-order valence-corrected chi connectivity index (χ3v) is 5.99. The summed E-state index contributed by atoms with van der Waals surface area (Å²) in [5, 5.41) is 0.731. The molecule has 0 aliphatic rings. The molecule has 0 aliphatic heterocycles. The SMILES string of the molecule is CCCCN(CCCC)C(=O)c1ccc(CCN(C)Cc2cc(Cl)ccc2OCCC)cc1. The minimum Gasteiger partial charge on any atom is -0.493 e. The van der Waals surface area contributed by atoms with Crippen LogP contribution in [-0.2, 0) is 13.0 Å². The monoisotopic (exact) mass is 472 g/mol. The van der Waals surface area contributed by atoms with E-state index >= 15 is 0 Å². The molecule has 0 saturated heterocycles. The van der Waals surface area contributed by atoms with Gasteiger partial charge >= 0.3 is 0 Å². The predicted octanol–water partition coefficient (Wildman–Crippen LogP) is 6.85. The standard InChI is InChI=1S/C28H41ClN2O2/c1-5-8-17-31(18-9-6-2)28(32)24-12-10-23(11-13-24)16-19-30(4)22-25-21-26(29)14-15-27(25)33-20-7-3/h10-15,21H,5-9,16-20,22H2,1-4H3. The number of amides is 1. The first-order chi connectivity index (χ1) is 16.0. The van der Waals surface area contributed by atoms with Gasteiger partial charge in [-0.2, -0.15) is 0 Å². The smallest absolute Gasteiger partial charge is 0.253 e. The predicted molar refractivity (Wildman–Crippen MR) is 139 cm³/mol. The number of carbonyl (C=O) groups is 1. The molecule has 2 aromatic rings. The van der Waals surface area contributed by atoms with Crippen LogP contribution in [0.4, 0.5) is 0 Å². The molecule has 4 nitrogen and oxygen atoms in total. The maximum absolute atomic E-state index is 13.0. The van der Waals surface area contributed by atoms with Crippen molar-refractivity contribution in [1.82, 2.24) is 9.80 Å². The lowest BCUT2D eigenvalue weighted by atomic mass is 10.1. The van der Waals surface area contributed by atoms with Gasteiger partial charge in [-0.25, -0.2) is 0 Å². The molecule has 0 saturated carbocycles. The average Bonchev–Trinajstić information content (AvgIpc) is 2.82. The van der Waals surface area contributed by atoms with Gasteiger partial charge in [0, 0.05) is 42.3 Å². The van der Waals surface area contributed by atoms with Crippen LogP contribution in [0.3, 0.4) is 0 Å². The number of hydrogen-bond acceptors (Lipinski definition) is 3. The quantitative estimate of drug-likeness (QED) is 0.284. The van der Waals surface area contributed by atoms with Gasteiger partial charge in [-0.05, 0) is 68.6 Å². The topological polar surface area (TPSA) is 32.8 Å². The molecule has 0 aromatic heterocycles. The summed E-state index contributed by atoms with van der Waals surface area (Å²) in [6.45, 7) is 10.5. The lowest BCUT2D eigenvalue weighted by Crippen LogP contribution is -2.32. The summed E-state index contributed by atoms with van der Waals surface area (Å²) in [4.78, 5) is 17.3. The van der Waals surface area contributed by atoms with Crippen LogP contribution in [0.1, 0.15) is 74.4 Å². The maximum atomic E-state index is 13.0. The summed E-state index contributed by atoms with van der Waals surface area (Å²) in [5.41, 5.74) is 3.13. The zero-order valence-electron chi connectivity index (χ0n) is 20.9. The highest BCUT2D eigenvalue weighted by Gasteiger charge is 2.15. The van der Waals surface area contributed by atoms with Gasteiger partial charge in [0.25, 0.3) is 5.91 Å². The van der Waals surface area contributed by atoms with E-state index in [9.17, 15) is 4.79 Å². The molecule has 0 N–H and O–H groups in total. The van der Waals surface area contributed by atoms with E-state index in [-0.39, 0.29) is 5.91 Å². The fourth-order valence-corrected chi connectivity index (χ4v) is 3.92. The number of hydrogen-bond donors (Lipinski definition) is 0. The largest absolute Gasteiger partial charge is 0.493 e. The van der Waals surface area contributed by atoms with Crippen molar-refractivity contribution < 1.29 is 9.53 Å². The third-order valence-electron chi connectivity index (χ3n) is 5.76. The van der Waals surface area contributed by atoms with E-state index in [4.69, 9.17) is 16.3 Å². The van der Waals surface area contributed by atoms with Crippen molar-refractivity contribution in [3.05, 3.63) is 64.2 Å². The van der Waals surface area contributed by atoms with E-state index in [1.807, 2.05) is 35.2 Å². The number of likely N-dealkylation sites (N-methyl/N-ethyl adjacent to an activating group) is 1. The van der Waals surface area contributed by atoms with E-state index in [2.05, 4.69) is 44.9 Å². The molecule has 5 heteroatoms. The van der Waals surface area contributed by atoms with Crippen LogP contribution in [0.15, 0.2) is 42.5 Å². The summed E-state index contributed by atoms with van der Waals surface area (Å²) in [7, 11) is 2.11. The van der Waals surface area contributed by atoms with Crippen molar-refractivity contribution in [2.24, 2.45) is 0 Å². The Morgan fingerprint density at radius 3 is 2.18 bits per heavy atom. The highest BCUT2D eigenvalue weighted by atomic mass is 35.5. The van der Waals surface area contributed by atoms with Gasteiger partial charge in [-0.15, -0.1) is 0 Å². The Morgan fingerprint density at radius 2 is 1.58 bits per heavy atom. The zero-order valence-corrected chi connectivity index (χ0v) is 21.7. The summed E-state index contributed by atoms with van der Waals surface area (Å²) < 4.78 is 5.89. The Bertz CT molecular complexity index is 830. The van der Waals surface area contributed by atoms with Gasteiger partial charge in [0.05, 0.1) is 6.61 Å². The molecule has 182 valence electrons. The van der Waals surface area contributed by atoms with Crippen molar-refractivity contribution in [3.63, 3.8) is 0 Å². The molecule has 2 rings (SSSR count). The molecule has 1 amide bonds. The van der Waals surface area contributed by atoms with E-state index in [1.165, 1.54) is 5.56 Å². The minimum absolute atomic E-state index is 0.154. The first kappa shape index (κ1) is 27.2. The Labute approximate surface area is 205 Å². The molecule has 0 fully saturated rings. The van der Waals surface area contributed by atoms with Crippen molar-refractivity contribution in [3.8, 4) is 5.75 Å². The van der Waals surface area contributed by atoms with E-state index in [0.717, 1.165) is 86.6 Å². The second-order valence-corrected chi connectivity index (χ2v) is 9.22. The molecule has 33 heavy (non-hydrogen) atoms. The number of nitrogens with zero attached hydrogens (tertiary/aromatic N) is 2. The second kappa shape index (κ2) is 15.0. The Hall–Kier alpha value is -2.04. The summed E-state index contributed by atoms with van der Waals surface area (Å²) in [6.07, 6.45) is 6.21. The van der Waals surface area contributed by atoms with Gasteiger partial charge in [0.2, 0.25) is 0 Å². The van der Waals surface area contributed by atoms with E-state index in [1.54, 1.807) is 0 Å². The first-order valence-electron chi connectivity index (χ1n) is 12.5. The summed E-state index contributed by atoms with van der Waals surface area (Å²) >= 11 is 6.22. The number of unbranched alkanes of at least 4 members (excludes halogenated alkanes) is 2. The lowest BCUT2D eigenvalue weighted by Gasteiger charge is -2.23. The highest BCUT2D eigenvalue weighted by molar-refractivity contribution is 6.30. The molecule has 0 heterocycles. The first-order valence-corrected chi connectivity index (χ1v) is 12.8. The van der Waals surface area contributed by atoms with Crippen LogP contribution in [0.5, 0.6) is 5.75 Å². The Balaban J connectivity index is 1.93. The lowest BCUT2D eigenvalue weighted by molar-refractivity contribution is 0.0751. The number of ether oxygens (including phenoxy) is 1. The highest BCUT2D eigenvalue weighted by Crippen LogP contribution is 2.24. The van der Waals surface area contributed by atoms with E-state index in [0.29, 0.717) is 6.61 Å². The van der Waals surface area contributed by atoms with Gasteiger partial charge in [0.1, 0.15) is 5.75 Å². The fraction of sp³-hybridized carbons (Fsp3) is 0.536. The molecule has 2 aromatic carbocycles. The van der Waals surface area contributed by atoms with Crippen molar-refractivity contribution in [1.29, 1.82) is 0 Å². The van der Waals surface area contributed by atoms with Crippen LogP contribution in [0.2, 0.25) is 5.02 Å². The van der Waals surface area contributed by atoms with Crippen LogP contribution >= 0.6 is 11.6 Å². The van der Waals surface area contributed by atoms with Gasteiger partial charge in [0.15, 0.2) is 0 Å². The minimum atomic E-state index is 0.154. The second-order valence-electron chi connectivity index (χ2n) is 8.78. The molecule has 0 aliphatic carbocycles. The molecule has 0 spiro atoms. The molecule has 0 unspecified atom stereocenters. The molecular formula is C28H41ClN2O2.